The Morgan fingerprint density at radius 2 is 1.89 bits per heavy atom. The number of nitrogen functional groups attached to an aromatic ring is 1. The van der Waals surface area contributed by atoms with Crippen LogP contribution in [0.1, 0.15) is 37.6 Å². The number of aryl methyl sites for hydroxylation is 1. The molecule has 56 heavy (non-hydrogen) atoms. The van der Waals surface area contributed by atoms with Gasteiger partial charge in [0.2, 0.25) is 11.5 Å². The van der Waals surface area contributed by atoms with E-state index in [1.54, 1.807) is 6.92 Å². The molecule has 0 saturated carbocycles. The molecule has 2 amide bonds. The number of halogens is 1. The summed E-state index contributed by atoms with van der Waals surface area (Å²) in [6.45, 7) is 3.71. The fraction of sp³-hybridized carbons (Fsp3) is 0.424. The lowest BCUT2D eigenvalue weighted by Crippen LogP contribution is -2.71. The van der Waals surface area contributed by atoms with E-state index in [-0.39, 0.29) is 57.0 Å². The van der Waals surface area contributed by atoms with Gasteiger partial charge < -0.3 is 45.5 Å². The van der Waals surface area contributed by atoms with Crippen molar-refractivity contribution in [2.75, 3.05) is 38.2 Å². The van der Waals surface area contributed by atoms with Gasteiger partial charge in [0.05, 0.1) is 42.5 Å². The highest BCUT2D eigenvalue weighted by Crippen LogP contribution is 2.42. The van der Waals surface area contributed by atoms with Crippen molar-refractivity contribution in [3.63, 3.8) is 0 Å². The van der Waals surface area contributed by atoms with E-state index in [4.69, 9.17) is 32.0 Å². The van der Waals surface area contributed by atoms with Crippen molar-refractivity contribution in [2.45, 2.75) is 56.8 Å². The van der Waals surface area contributed by atoms with E-state index in [1.807, 2.05) is 0 Å². The lowest BCUT2D eigenvalue weighted by molar-refractivity contribution is -0.925. The lowest BCUT2D eigenvalue weighted by Gasteiger charge is -2.50. The van der Waals surface area contributed by atoms with Crippen molar-refractivity contribution in [2.24, 2.45) is 5.16 Å². The molecule has 7 N–H and O–H groups in total. The summed E-state index contributed by atoms with van der Waals surface area (Å²) in [4.78, 5) is 87.4. The van der Waals surface area contributed by atoms with E-state index in [1.165, 1.54) is 39.9 Å². The van der Waals surface area contributed by atoms with E-state index in [0.717, 1.165) is 24.2 Å². The molecule has 0 aliphatic carbocycles. The van der Waals surface area contributed by atoms with Crippen molar-refractivity contribution in [1.29, 1.82) is 0 Å². The van der Waals surface area contributed by atoms with Gasteiger partial charge >= 0.3 is 17.9 Å². The number of aliphatic carboxylic acids is 2. The Morgan fingerprint density at radius 3 is 2.50 bits per heavy atom. The van der Waals surface area contributed by atoms with Gasteiger partial charge in [0.15, 0.2) is 28.0 Å². The number of quaternary nitrogens is 1. The van der Waals surface area contributed by atoms with Gasteiger partial charge in [-0.25, -0.2) is 14.6 Å². The Balaban J connectivity index is 1.28. The van der Waals surface area contributed by atoms with Crippen LogP contribution in [0, 0.1) is 0 Å². The van der Waals surface area contributed by atoms with Crippen molar-refractivity contribution in [3.05, 3.63) is 49.4 Å². The number of likely N-dealkylation sites (tertiary alicyclic amines) is 1. The predicted octanol–water partition coefficient (Wildman–Crippen LogP) is 0.806. The molecule has 3 unspecified atom stereocenters. The molecule has 3 aliphatic rings. The van der Waals surface area contributed by atoms with Gasteiger partial charge in [-0.15, -0.1) is 23.1 Å². The number of phenolic OH excluding ortho intramolecular Hbond substituents is 2. The number of aromatic nitrogens is 3. The topological polar surface area (TPSA) is 286 Å². The number of methoxy groups -OCH3 is 1. The van der Waals surface area contributed by atoms with E-state index < -0.39 is 76.3 Å². The highest BCUT2D eigenvalue weighted by Gasteiger charge is 2.55. The summed E-state index contributed by atoms with van der Waals surface area (Å²) < 4.78 is 6.94. The maximum atomic E-state index is 13.9. The van der Waals surface area contributed by atoms with Crippen LogP contribution in [0.3, 0.4) is 0 Å². The maximum Gasteiger partial charge on any atom is 0.355 e. The third kappa shape index (κ3) is 7.55. The second kappa shape index (κ2) is 16.0. The number of ether oxygens (including phenoxy) is 1. The molecule has 0 radical (unpaired) electrons. The molecule has 23 heteroatoms. The zero-order valence-electron chi connectivity index (χ0n) is 29.8. The number of carboxylic acids is 2. The zero-order chi connectivity index (χ0) is 40.6. The van der Waals surface area contributed by atoms with Gasteiger partial charge in [-0.3, -0.25) is 28.8 Å². The molecule has 3 aromatic rings. The number of carboxylic acid groups (broad SMARTS) is 2. The minimum Gasteiger partial charge on any atom is -0.504 e. The maximum absolute atomic E-state index is 13.9. The molecule has 1 aromatic carbocycles. The Morgan fingerprint density at radius 1 is 1.18 bits per heavy atom. The number of nitrogens with one attached hydrogen (secondary N) is 1. The highest BCUT2D eigenvalue weighted by atomic mass is 35.5. The number of esters is 1. The number of thioether (sulfide) groups is 1. The van der Waals surface area contributed by atoms with Crippen LogP contribution in [-0.2, 0) is 46.6 Å². The van der Waals surface area contributed by atoms with Crippen LogP contribution in [0.15, 0.2) is 32.7 Å². The predicted molar refractivity (Wildman–Crippen MR) is 200 cm³/mol. The van der Waals surface area contributed by atoms with Crippen LogP contribution in [0.25, 0.3) is 10.9 Å². The number of thiazole rings is 1. The largest absolute Gasteiger partial charge is 0.504 e. The molecule has 5 heterocycles. The van der Waals surface area contributed by atoms with Crippen LogP contribution in [0.5, 0.6) is 11.5 Å². The van der Waals surface area contributed by atoms with Gasteiger partial charge in [0.25, 0.3) is 11.8 Å². The van der Waals surface area contributed by atoms with Crippen LogP contribution in [0.4, 0.5) is 5.13 Å². The number of nitrogens with zero attached hydrogens (tertiary/aromatic N) is 6. The van der Waals surface area contributed by atoms with Gasteiger partial charge in [-0.2, -0.15) is 5.10 Å². The Kier molecular flexibility index (Phi) is 11.5. The first-order valence-electron chi connectivity index (χ1n) is 17.0. The third-order valence-electron chi connectivity index (χ3n) is 9.63. The van der Waals surface area contributed by atoms with Crippen LogP contribution in [0.2, 0.25) is 5.02 Å². The number of oxime groups is 1. The number of rotatable bonds is 14. The summed E-state index contributed by atoms with van der Waals surface area (Å²) in [5, 5.41) is 50.0. The van der Waals surface area contributed by atoms with Crippen molar-refractivity contribution in [1.82, 2.24) is 25.0 Å². The standard InChI is InChI=1S/C33H35ClN8O12S2/c1-3-40-17-8-18(43)27(47)22(34)21(17)26(46)15(38-40)11-42(6-4-5-7-42)10-14-12-55-30-24(29(49)41(30)25(14)32(52)53-2)37-28(48)23(16-13-56-33(35)36-16)39-54-19(31(50)51)9-20(44)45/h8,13,19,24,30H,3-7,9-12H2,1-2H3,(H6-,35,36,37,38,39,43,44,45,46,47,48,50,51)/p+1. The van der Waals surface area contributed by atoms with Crippen molar-refractivity contribution in [3.8, 4) is 11.5 Å². The van der Waals surface area contributed by atoms with Gasteiger partial charge in [0, 0.05) is 42.2 Å². The molecule has 2 aromatic heterocycles. The number of anilines is 1. The smallest absolute Gasteiger partial charge is 0.355 e. The SMILES string of the molecule is CCn1nc(C[N+]2(CC3=C(C(=O)OC)N4C(=O)C(NC(=O)C(=NOC(CC(=O)O)C(=O)O)c5csc(N)n5)C4SC3)CCCC2)c(=O)c2c(Cl)c(O)c(O)cc21. The minimum atomic E-state index is -1.95. The normalized spacial score (nSPS) is 19.7. The fourth-order valence-corrected chi connectivity index (χ4v) is 9.18. The lowest BCUT2D eigenvalue weighted by atomic mass is 10.0. The summed E-state index contributed by atoms with van der Waals surface area (Å²) in [7, 11) is 1.17. The second-order valence-electron chi connectivity index (χ2n) is 13.2. The number of hydrogen-bond donors (Lipinski definition) is 6. The monoisotopic (exact) mass is 835 g/mol. The Labute approximate surface area is 329 Å². The van der Waals surface area contributed by atoms with Gasteiger partial charge in [0.1, 0.15) is 35.9 Å². The molecule has 0 bridgehead atoms. The van der Waals surface area contributed by atoms with E-state index in [9.17, 15) is 44.1 Å². The van der Waals surface area contributed by atoms with Crippen molar-refractivity contribution < 1.29 is 58.5 Å². The summed E-state index contributed by atoms with van der Waals surface area (Å²) >= 11 is 8.57. The molecular weight excluding hydrogens is 800 g/mol. The summed E-state index contributed by atoms with van der Waals surface area (Å²) in [6, 6.07) is 0.0449. The number of aromatic hydroxyl groups is 2. The molecular formula is C33H36ClN8O12S2+. The minimum absolute atomic E-state index is 0.000463. The van der Waals surface area contributed by atoms with Gasteiger partial charge in [-0.1, -0.05) is 16.8 Å². The number of fused-ring (bicyclic) bond motifs is 2. The fourth-order valence-electron chi connectivity index (χ4n) is 7.01. The number of phenols is 2. The molecule has 0 spiro atoms. The first-order chi connectivity index (χ1) is 26.6. The average Bonchev–Trinajstić information content (AvgIpc) is 3.81. The van der Waals surface area contributed by atoms with E-state index in [0.29, 0.717) is 29.7 Å². The quantitative estimate of drug-likeness (QED) is 0.0327. The highest BCUT2D eigenvalue weighted by molar-refractivity contribution is 8.00. The van der Waals surface area contributed by atoms with Crippen molar-refractivity contribution >= 4 is 86.2 Å². The molecule has 6 rings (SSSR count). The second-order valence-corrected chi connectivity index (χ2v) is 15.6. The first-order valence-corrected chi connectivity index (χ1v) is 19.3. The van der Waals surface area contributed by atoms with E-state index in [2.05, 4.69) is 20.6 Å². The Hall–Kier alpha value is -5.45. The summed E-state index contributed by atoms with van der Waals surface area (Å²) in [5.74, 6) is -6.47. The summed E-state index contributed by atoms with van der Waals surface area (Å²) in [6.07, 6.45) is -1.30. The summed E-state index contributed by atoms with van der Waals surface area (Å²) in [5.41, 5.74) is 5.51. The average molecular weight is 836 g/mol. The Bertz CT molecular complexity index is 2270. The third-order valence-corrected chi connectivity index (χ3v) is 12.0. The van der Waals surface area contributed by atoms with Crippen LogP contribution in [-0.4, -0.2) is 130 Å². The molecule has 2 saturated heterocycles. The number of carbonyl (C=O) groups excluding carboxylic acids is 3. The number of carbonyl (C=O) groups is 5. The molecule has 20 nitrogen and oxygen atoms in total. The van der Waals surface area contributed by atoms with E-state index >= 15 is 0 Å². The van der Waals surface area contributed by atoms with Gasteiger partial charge in [-0.05, 0) is 6.92 Å². The zero-order valence-corrected chi connectivity index (χ0v) is 32.1. The molecule has 2 fully saturated rings. The number of nitrogens with two attached hydrogens (primary N) is 1. The molecule has 3 atom stereocenters. The number of hydrogen-bond acceptors (Lipinski definition) is 16. The molecule has 298 valence electrons. The molecule has 3 aliphatic heterocycles. The number of β-lactam (4-membered cyclic amide) rings is 1. The number of amides is 2. The van der Waals surface area contributed by atoms with Crippen LogP contribution < -0.4 is 16.5 Å². The number of benzene rings is 1. The first kappa shape index (κ1) is 40.2. The van der Waals surface area contributed by atoms with Crippen LogP contribution >= 0.6 is 34.7 Å².